The molecule has 0 aliphatic carbocycles. The van der Waals surface area contributed by atoms with Gasteiger partial charge in [0.15, 0.2) is 19.0 Å². The molecule has 0 aromatic carbocycles. The van der Waals surface area contributed by atoms with Gasteiger partial charge in [-0.15, -0.1) is 0 Å². The minimum atomic E-state index is -1.86. The molecule has 0 saturated carbocycles. The molecule has 0 radical (unpaired) electrons. The average molecular weight is 820 g/mol. The van der Waals surface area contributed by atoms with E-state index in [0.717, 1.165) is 12.6 Å². The van der Waals surface area contributed by atoms with Crippen LogP contribution in [0.2, 0.25) is 0 Å². The summed E-state index contributed by atoms with van der Waals surface area (Å²) in [6.45, 7) is 11.7. The molecular weight excluding hydrogens is 721 g/mol. The number of halogens is 2. The third-order valence-electron chi connectivity index (χ3n) is 11.3. The van der Waals surface area contributed by atoms with Gasteiger partial charge >= 0.3 is 0 Å². The molecule has 0 bridgehead atoms. The van der Waals surface area contributed by atoms with Crippen LogP contribution in [0.3, 0.4) is 0 Å². The number of rotatable bonds is 40. The third kappa shape index (κ3) is 39.6. The largest absolute Gasteiger partial charge is 1.00 e. The zero-order chi connectivity index (χ0) is 37.3. The van der Waals surface area contributed by atoms with E-state index in [9.17, 15) is 15.3 Å². The Bertz CT molecular complexity index is 595. The fraction of sp³-hybridized carbons (Fsp3) is 1.00. The molecule has 3 nitrogen and oxygen atoms in total. The monoisotopic (exact) mass is 819 g/mol. The minimum Gasteiger partial charge on any atom is -1.00 e. The Hall–Kier alpha value is 1.32. The molecule has 0 fully saturated rings. The normalized spacial score (nSPS) is 11.5. The summed E-state index contributed by atoms with van der Waals surface area (Å²) in [6, 6.07) is 0. The zero-order valence-corrected chi connectivity index (χ0v) is 39.6. The summed E-state index contributed by atoms with van der Waals surface area (Å²) in [4.78, 5) is 0. The van der Waals surface area contributed by atoms with Crippen LogP contribution in [0.15, 0.2) is 0 Å². The maximum absolute atomic E-state index is 9.31. The van der Waals surface area contributed by atoms with Gasteiger partial charge in [0.05, 0.1) is 38.1 Å². The maximum Gasteiger partial charge on any atom is 0.158 e. The zero-order valence-electron chi connectivity index (χ0n) is 36.3. The molecule has 0 aromatic rings. The van der Waals surface area contributed by atoms with Crippen molar-refractivity contribution in [2.24, 2.45) is 0 Å². The molecule has 0 spiro atoms. The van der Waals surface area contributed by atoms with Gasteiger partial charge in [0, 0.05) is 7.26 Å². The van der Waals surface area contributed by atoms with Crippen molar-refractivity contribution in [3.63, 3.8) is 0 Å². The molecule has 0 amide bonds. The van der Waals surface area contributed by atoms with Crippen LogP contribution in [-0.2, 0) is 0 Å². The van der Waals surface area contributed by atoms with Crippen LogP contribution in [-0.4, -0.2) is 65.2 Å². The van der Waals surface area contributed by atoms with E-state index in [4.69, 9.17) is 0 Å². The molecule has 0 atom stereocenters. The van der Waals surface area contributed by atoms with Crippen LogP contribution < -0.4 is 24.8 Å². The first-order valence-electron chi connectivity index (χ1n) is 23.0. The lowest BCUT2D eigenvalue weighted by atomic mass is 10.0. The van der Waals surface area contributed by atoms with Crippen molar-refractivity contribution < 1.29 is 40.1 Å². The summed E-state index contributed by atoms with van der Waals surface area (Å²) in [5.41, 5.74) is 0. The number of hydrogen-bond donors (Lipinski definition) is 3. The van der Waals surface area contributed by atoms with Gasteiger partial charge in [0.2, 0.25) is 0 Å². The van der Waals surface area contributed by atoms with E-state index in [1.54, 1.807) is 31.1 Å². The van der Waals surface area contributed by atoms with Crippen molar-refractivity contribution in [3.05, 3.63) is 0 Å². The van der Waals surface area contributed by atoms with Crippen LogP contribution in [0.5, 0.6) is 0 Å². The molecule has 3 N–H and O–H groups in total. The smallest absolute Gasteiger partial charge is 0.158 e. The Kier molecular flexibility index (Phi) is 55.9. The van der Waals surface area contributed by atoms with E-state index >= 15 is 0 Å². The Morgan fingerprint density at radius 3 is 0.615 bits per heavy atom. The predicted molar refractivity (Wildman–Crippen MR) is 236 cm³/mol. The van der Waals surface area contributed by atoms with Crippen LogP contribution in [0.4, 0.5) is 0 Å². The molecular formula is C45H98Cl2O3P2. The molecule has 320 valence electrons. The predicted octanol–water partition coefficient (Wildman–Crippen LogP) is 9.45. The summed E-state index contributed by atoms with van der Waals surface area (Å²) in [5, 5.41) is 27.9. The Morgan fingerprint density at radius 2 is 0.404 bits per heavy atom. The van der Waals surface area contributed by atoms with Crippen molar-refractivity contribution in [2.45, 2.75) is 240 Å². The molecule has 0 rings (SSSR count). The van der Waals surface area contributed by atoms with Gasteiger partial charge in [-0.1, -0.05) is 195 Å². The lowest BCUT2D eigenvalue weighted by molar-refractivity contribution is -0.001000. The standard InChI is InChI=1S/C26H56P.C19H42O3P.2ClH/c1-5-9-13-14-15-16-17-18-19-20-21-22-26-27(23-10-6-2,24-11-7-3)25-12-8-4;1-2-3-4-5-6-7-8-9-10-11-12-13-14-15-16-23(17-20,18-21)19-22;;/h5-26H2,1-4H3;20-22H,2-19H2,1H3;2*1H/q2*+1;;/p-2. The number of aliphatic hydroxyl groups excluding tert-OH is 3. The van der Waals surface area contributed by atoms with Gasteiger partial charge in [-0.2, -0.15) is 0 Å². The lowest BCUT2D eigenvalue weighted by Gasteiger charge is -2.28. The first-order valence-corrected chi connectivity index (χ1v) is 28.1. The molecule has 0 unspecified atom stereocenters. The molecule has 52 heavy (non-hydrogen) atoms. The Balaban J connectivity index is -0.000000432. The number of aliphatic hydroxyl groups is 3. The molecule has 7 heteroatoms. The van der Waals surface area contributed by atoms with Gasteiger partial charge < -0.3 is 40.1 Å². The molecule has 0 aliphatic heterocycles. The Labute approximate surface area is 343 Å². The second-order valence-electron chi connectivity index (χ2n) is 16.3. The summed E-state index contributed by atoms with van der Waals surface area (Å²) >= 11 is 0. The second-order valence-corrected chi connectivity index (χ2v) is 24.7. The quantitative estimate of drug-likeness (QED) is 0.0427. The van der Waals surface area contributed by atoms with Crippen LogP contribution in [0.25, 0.3) is 0 Å². The highest BCUT2D eigenvalue weighted by Crippen LogP contribution is 2.61. The van der Waals surface area contributed by atoms with Crippen LogP contribution in [0.1, 0.15) is 240 Å². The fourth-order valence-corrected chi connectivity index (χ4v) is 14.2. The van der Waals surface area contributed by atoms with Crippen LogP contribution >= 0.6 is 14.5 Å². The molecule has 0 saturated heterocycles. The summed E-state index contributed by atoms with van der Waals surface area (Å²) in [7, 11) is -2.48. The fourth-order valence-electron chi connectivity index (χ4n) is 7.43. The molecule has 0 aliphatic rings. The van der Waals surface area contributed by atoms with Gasteiger partial charge in [0.1, 0.15) is 0 Å². The first kappa shape index (κ1) is 60.0. The van der Waals surface area contributed by atoms with Crippen molar-refractivity contribution in [1.82, 2.24) is 0 Å². The number of hydrogen-bond acceptors (Lipinski definition) is 3. The van der Waals surface area contributed by atoms with Crippen LogP contribution in [0, 0.1) is 0 Å². The SMILES string of the molecule is CCCCCCCCCCCCCCCC[P+](CO)(CO)CO.CCCCCCCCCCCCCC[P+](CCCC)(CCCC)CCCC.[Cl-].[Cl-]. The summed E-state index contributed by atoms with van der Waals surface area (Å²) in [6.07, 6.45) is 52.4. The minimum absolute atomic E-state index is 0. The van der Waals surface area contributed by atoms with Gasteiger partial charge in [-0.05, 0) is 44.9 Å². The highest BCUT2D eigenvalue weighted by atomic mass is 35.5. The Morgan fingerprint density at radius 1 is 0.231 bits per heavy atom. The summed E-state index contributed by atoms with van der Waals surface area (Å²) in [5.74, 6) is 0. The lowest BCUT2D eigenvalue weighted by Crippen LogP contribution is -3.00. The van der Waals surface area contributed by atoms with Crippen molar-refractivity contribution >= 4 is 14.5 Å². The maximum atomic E-state index is 9.31. The second kappa shape index (κ2) is 48.5. The van der Waals surface area contributed by atoms with Gasteiger partial charge in [-0.3, -0.25) is 0 Å². The van der Waals surface area contributed by atoms with Gasteiger partial charge in [-0.25, -0.2) is 0 Å². The first-order chi connectivity index (χ1) is 24.5. The van der Waals surface area contributed by atoms with Crippen molar-refractivity contribution in [1.29, 1.82) is 0 Å². The van der Waals surface area contributed by atoms with E-state index in [-0.39, 0.29) is 43.9 Å². The van der Waals surface area contributed by atoms with Crippen molar-refractivity contribution in [3.8, 4) is 0 Å². The van der Waals surface area contributed by atoms with E-state index in [0.29, 0.717) is 0 Å². The topological polar surface area (TPSA) is 60.7 Å². The van der Waals surface area contributed by atoms with Gasteiger partial charge in [0.25, 0.3) is 0 Å². The van der Waals surface area contributed by atoms with E-state index in [1.807, 2.05) is 0 Å². The molecule has 0 aromatic heterocycles. The third-order valence-corrected chi connectivity index (χ3v) is 19.5. The van der Waals surface area contributed by atoms with E-state index in [1.165, 1.54) is 193 Å². The van der Waals surface area contributed by atoms with E-state index < -0.39 is 14.5 Å². The number of unbranched alkanes of at least 4 members (excludes halogenated alkanes) is 27. The highest BCUT2D eigenvalue weighted by Gasteiger charge is 2.35. The molecule has 0 heterocycles. The van der Waals surface area contributed by atoms with Crippen molar-refractivity contribution in [2.75, 3.05) is 49.9 Å². The summed E-state index contributed by atoms with van der Waals surface area (Å²) < 4.78 is 0. The highest BCUT2D eigenvalue weighted by molar-refractivity contribution is 7.76. The average Bonchev–Trinajstić information content (AvgIpc) is 3.14. The van der Waals surface area contributed by atoms with E-state index in [2.05, 4.69) is 34.6 Å².